The highest BCUT2D eigenvalue weighted by atomic mass is 32.2. The molecule has 1 aliphatic rings. The minimum Gasteiger partial charge on any atom is -0.377 e. The summed E-state index contributed by atoms with van der Waals surface area (Å²) in [5.41, 5.74) is 4.21. The van der Waals surface area contributed by atoms with Crippen LogP contribution in [0.5, 0.6) is 0 Å². The Labute approximate surface area is 82.8 Å². The van der Waals surface area contributed by atoms with Crippen molar-refractivity contribution in [2.45, 2.75) is 18.9 Å². The van der Waals surface area contributed by atoms with Crippen molar-refractivity contribution < 1.29 is 17.9 Å². The van der Waals surface area contributed by atoms with Crippen molar-refractivity contribution in [2.24, 2.45) is 5.73 Å². The minimum atomic E-state index is -3.32. The molecule has 0 unspecified atom stereocenters. The summed E-state index contributed by atoms with van der Waals surface area (Å²) >= 11 is 0. The second-order valence-corrected chi connectivity index (χ2v) is 5.43. The van der Waals surface area contributed by atoms with Crippen molar-refractivity contribution >= 4 is 15.9 Å². The molecule has 14 heavy (non-hydrogen) atoms. The number of rotatable bonds is 5. The van der Waals surface area contributed by atoms with Gasteiger partial charge in [-0.3, -0.25) is 4.79 Å². The second-order valence-electron chi connectivity index (χ2n) is 3.42. The fraction of sp³-hybridized carbons (Fsp3) is 0.857. The van der Waals surface area contributed by atoms with Gasteiger partial charge < -0.3 is 10.5 Å². The molecule has 1 heterocycles. The summed E-state index contributed by atoms with van der Waals surface area (Å²) in [5, 5.41) is 0. The van der Waals surface area contributed by atoms with Crippen molar-refractivity contribution in [1.82, 2.24) is 4.72 Å². The molecule has 1 saturated heterocycles. The molecule has 1 rings (SSSR count). The summed E-state index contributed by atoms with van der Waals surface area (Å²) < 4.78 is 29.9. The lowest BCUT2D eigenvalue weighted by atomic mass is 9.94. The van der Waals surface area contributed by atoms with E-state index in [-0.39, 0.29) is 25.4 Å². The zero-order chi connectivity index (χ0) is 10.8. The molecule has 82 valence electrons. The molecule has 0 aliphatic carbocycles. The van der Waals surface area contributed by atoms with Crippen LogP contribution in [0.15, 0.2) is 0 Å². The van der Waals surface area contributed by atoms with Crippen LogP contribution in [0, 0.1) is 0 Å². The monoisotopic (exact) mass is 222 g/mol. The zero-order valence-corrected chi connectivity index (χ0v) is 8.76. The average molecular weight is 222 g/mol. The van der Waals surface area contributed by atoms with Crippen LogP contribution in [0.2, 0.25) is 0 Å². The zero-order valence-electron chi connectivity index (χ0n) is 7.95. The number of nitrogens with one attached hydrogen (secondary N) is 1. The fourth-order valence-electron chi connectivity index (χ4n) is 1.28. The van der Waals surface area contributed by atoms with Gasteiger partial charge in [0.05, 0.1) is 30.9 Å². The molecule has 0 radical (unpaired) electrons. The van der Waals surface area contributed by atoms with E-state index in [1.807, 2.05) is 0 Å². The van der Waals surface area contributed by atoms with Crippen molar-refractivity contribution in [2.75, 3.05) is 19.0 Å². The van der Waals surface area contributed by atoms with Crippen LogP contribution in [0.3, 0.4) is 0 Å². The van der Waals surface area contributed by atoms with Gasteiger partial charge in [0.15, 0.2) is 0 Å². The minimum absolute atomic E-state index is 0.0203. The third-order valence-corrected chi connectivity index (χ3v) is 3.53. The largest absolute Gasteiger partial charge is 0.377 e. The number of hydrogen-bond acceptors (Lipinski definition) is 4. The molecule has 0 spiro atoms. The van der Waals surface area contributed by atoms with Crippen molar-refractivity contribution in [1.29, 1.82) is 0 Å². The van der Waals surface area contributed by atoms with Crippen LogP contribution in [0.4, 0.5) is 0 Å². The van der Waals surface area contributed by atoms with Crippen LogP contribution < -0.4 is 10.5 Å². The first-order valence-corrected chi connectivity index (χ1v) is 5.92. The molecule has 1 aliphatic heterocycles. The van der Waals surface area contributed by atoms with E-state index < -0.39 is 21.5 Å². The van der Waals surface area contributed by atoms with Crippen LogP contribution >= 0.6 is 0 Å². The maximum atomic E-state index is 11.3. The number of amides is 1. The Hall–Kier alpha value is -0.660. The molecule has 7 heteroatoms. The van der Waals surface area contributed by atoms with E-state index in [0.717, 1.165) is 0 Å². The summed E-state index contributed by atoms with van der Waals surface area (Å²) in [6.07, 6.45) is -0.0216. The van der Waals surface area contributed by atoms with Gasteiger partial charge in [0, 0.05) is 0 Å². The Kier molecular flexibility index (Phi) is 3.13. The highest BCUT2D eigenvalue weighted by molar-refractivity contribution is 7.89. The van der Waals surface area contributed by atoms with Gasteiger partial charge in [-0.25, -0.2) is 13.1 Å². The number of primary amides is 1. The van der Waals surface area contributed by atoms with E-state index in [9.17, 15) is 13.2 Å². The Balaban J connectivity index is 2.67. The Bertz CT molecular complexity index is 321. The molecule has 3 N–H and O–H groups in total. The predicted molar refractivity (Wildman–Crippen MR) is 50.0 cm³/mol. The van der Waals surface area contributed by atoms with Gasteiger partial charge in [-0.05, 0) is 6.92 Å². The van der Waals surface area contributed by atoms with Crippen molar-refractivity contribution in [3.63, 3.8) is 0 Å². The highest BCUT2D eigenvalue weighted by Gasteiger charge is 2.42. The molecule has 0 bridgehead atoms. The number of carbonyl (C=O) groups excluding carboxylic acids is 1. The lowest BCUT2D eigenvalue weighted by molar-refractivity contribution is -0.126. The van der Waals surface area contributed by atoms with Crippen molar-refractivity contribution in [3.8, 4) is 0 Å². The van der Waals surface area contributed by atoms with Gasteiger partial charge in [0.25, 0.3) is 0 Å². The van der Waals surface area contributed by atoms with Gasteiger partial charge in [0.1, 0.15) is 0 Å². The Morgan fingerprint density at radius 1 is 1.57 bits per heavy atom. The molecule has 0 aromatic carbocycles. The number of ether oxygens (including phenoxy) is 1. The number of hydrogen-bond donors (Lipinski definition) is 2. The summed E-state index contributed by atoms with van der Waals surface area (Å²) in [6.45, 7) is 1.93. The number of nitrogens with two attached hydrogens (primary N) is 1. The second kappa shape index (κ2) is 3.84. The summed E-state index contributed by atoms with van der Waals surface area (Å²) in [7, 11) is -3.32. The molecule has 0 aromatic heterocycles. The molecule has 0 saturated carbocycles. The standard InChI is InChI=1S/C7H14N2O4S/c1-2-14(11,12)9-7(3-6(8)10)4-13-5-7/h9H,2-5H2,1H3,(H2,8,10). The van der Waals surface area contributed by atoms with Crippen molar-refractivity contribution in [3.05, 3.63) is 0 Å². The summed E-state index contributed by atoms with van der Waals surface area (Å²) in [4.78, 5) is 10.7. The topological polar surface area (TPSA) is 98.5 Å². The van der Waals surface area contributed by atoms with Crippen LogP contribution in [-0.2, 0) is 19.6 Å². The molecule has 6 nitrogen and oxygen atoms in total. The fourth-order valence-corrected chi connectivity index (χ4v) is 2.28. The SMILES string of the molecule is CCS(=O)(=O)NC1(CC(N)=O)COC1. The smallest absolute Gasteiger partial charge is 0.219 e. The average Bonchev–Trinajstić information content (AvgIpc) is 1.99. The number of carbonyl (C=O) groups is 1. The number of sulfonamides is 1. The predicted octanol–water partition coefficient (Wildman–Crippen LogP) is -1.43. The first-order valence-electron chi connectivity index (χ1n) is 4.27. The maximum absolute atomic E-state index is 11.3. The molecular weight excluding hydrogens is 208 g/mol. The molecule has 1 fully saturated rings. The van der Waals surface area contributed by atoms with E-state index >= 15 is 0 Å². The van der Waals surface area contributed by atoms with Gasteiger partial charge in [0.2, 0.25) is 15.9 Å². The van der Waals surface area contributed by atoms with Crippen LogP contribution in [0.1, 0.15) is 13.3 Å². The molecule has 0 aromatic rings. The van der Waals surface area contributed by atoms with Crippen LogP contribution in [0.25, 0.3) is 0 Å². The highest BCUT2D eigenvalue weighted by Crippen LogP contribution is 2.21. The van der Waals surface area contributed by atoms with E-state index in [0.29, 0.717) is 0 Å². The Morgan fingerprint density at radius 3 is 2.43 bits per heavy atom. The van der Waals surface area contributed by atoms with Gasteiger partial charge in [-0.1, -0.05) is 0 Å². The van der Waals surface area contributed by atoms with E-state index in [4.69, 9.17) is 10.5 Å². The molecule has 1 amide bonds. The van der Waals surface area contributed by atoms with Gasteiger partial charge >= 0.3 is 0 Å². The third-order valence-electron chi connectivity index (χ3n) is 2.02. The van der Waals surface area contributed by atoms with Gasteiger partial charge in [-0.15, -0.1) is 0 Å². The Morgan fingerprint density at radius 2 is 2.14 bits per heavy atom. The lowest BCUT2D eigenvalue weighted by Crippen LogP contribution is -2.63. The lowest BCUT2D eigenvalue weighted by Gasteiger charge is -2.40. The van der Waals surface area contributed by atoms with E-state index in [1.165, 1.54) is 6.92 Å². The van der Waals surface area contributed by atoms with E-state index in [1.54, 1.807) is 0 Å². The van der Waals surface area contributed by atoms with E-state index in [2.05, 4.69) is 4.72 Å². The first-order chi connectivity index (χ1) is 6.39. The first kappa shape index (κ1) is 11.4. The summed E-state index contributed by atoms with van der Waals surface area (Å²) in [5.74, 6) is -0.555. The third kappa shape index (κ3) is 2.66. The quantitative estimate of drug-likeness (QED) is 0.595. The normalized spacial score (nSPS) is 20.1. The van der Waals surface area contributed by atoms with Crippen LogP contribution in [-0.4, -0.2) is 38.8 Å². The van der Waals surface area contributed by atoms with Gasteiger partial charge in [-0.2, -0.15) is 0 Å². The maximum Gasteiger partial charge on any atom is 0.219 e. The molecular formula is C7H14N2O4S. The summed E-state index contributed by atoms with van der Waals surface area (Å²) in [6, 6.07) is 0. The molecule has 0 atom stereocenters.